The summed E-state index contributed by atoms with van der Waals surface area (Å²) < 4.78 is 13.4. The normalized spacial score (nSPS) is 19.6. The first kappa shape index (κ1) is 18.8. The monoisotopic (exact) mass is 401 g/mol. The third-order valence-electron chi connectivity index (χ3n) is 5.15. The molecule has 9 heteroatoms. The number of halogens is 2. The molecular weight excluding hydrogens is 381 g/mol. The second kappa shape index (κ2) is 7.81. The number of nitrogens with two attached hydrogens (primary N) is 1. The second-order valence-electron chi connectivity index (χ2n) is 7.06. The number of benzene rings is 1. The lowest BCUT2D eigenvalue weighted by Crippen LogP contribution is -2.39. The van der Waals surface area contributed by atoms with Crippen molar-refractivity contribution in [2.75, 3.05) is 17.3 Å². The number of fused-ring (bicyclic) bond motifs is 1. The molecule has 2 heterocycles. The molecule has 0 unspecified atom stereocenters. The molecule has 28 heavy (non-hydrogen) atoms. The van der Waals surface area contributed by atoms with Crippen molar-refractivity contribution in [3.05, 3.63) is 41.6 Å². The zero-order chi connectivity index (χ0) is 19.7. The van der Waals surface area contributed by atoms with Crippen LogP contribution in [0.3, 0.4) is 0 Å². The Morgan fingerprint density at radius 3 is 2.71 bits per heavy atom. The van der Waals surface area contributed by atoms with Crippen molar-refractivity contribution >= 4 is 40.1 Å². The molecule has 0 amide bonds. The van der Waals surface area contributed by atoms with Gasteiger partial charge in [0.2, 0.25) is 5.95 Å². The average Bonchev–Trinajstić information content (AvgIpc) is 2.71. The van der Waals surface area contributed by atoms with Gasteiger partial charge in [-0.1, -0.05) is 11.6 Å². The number of hydrogen-bond donors (Lipinski definition) is 2. The summed E-state index contributed by atoms with van der Waals surface area (Å²) in [6.45, 7) is 0. The van der Waals surface area contributed by atoms with Crippen LogP contribution in [-0.2, 0) is 0 Å². The molecule has 1 fully saturated rings. The second-order valence-corrected chi connectivity index (χ2v) is 7.47. The van der Waals surface area contributed by atoms with Crippen molar-refractivity contribution in [1.82, 2.24) is 19.9 Å². The highest BCUT2D eigenvalue weighted by Gasteiger charge is 2.24. The van der Waals surface area contributed by atoms with Crippen LogP contribution in [-0.4, -0.2) is 39.1 Å². The average molecular weight is 402 g/mol. The molecule has 0 radical (unpaired) electrons. The number of nitrogens with zero attached hydrogens (tertiary/aromatic N) is 5. The summed E-state index contributed by atoms with van der Waals surface area (Å²) in [7, 11) is 2.00. The zero-order valence-corrected chi connectivity index (χ0v) is 16.2. The molecule has 1 aromatic carbocycles. The first-order valence-electron chi connectivity index (χ1n) is 9.19. The van der Waals surface area contributed by atoms with E-state index in [0.717, 1.165) is 25.7 Å². The Hall–Kier alpha value is -2.58. The van der Waals surface area contributed by atoms with Gasteiger partial charge in [0.1, 0.15) is 23.2 Å². The van der Waals surface area contributed by atoms with Gasteiger partial charge >= 0.3 is 0 Å². The molecule has 0 saturated heterocycles. The van der Waals surface area contributed by atoms with Crippen LogP contribution in [0.4, 0.5) is 21.8 Å². The Kier molecular flexibility index (Phi) is 5.23. The predicted molar refractivity (Wildman–Crippen MR) is 108 cm³/mol. The molecule has 0 aliphatic heterocycles. The molecule has 146 valence electrons. The number of anilines is 3. The van der Waals surface area contributed by atoms with E-state index in [0.29, 0.717) is 34.5 Å². The van der Waals surface area contributed by atoms with Crippen LogP contribution in [0.15, 0.2) is 30.7 Å². The maximum absolute atomic E-state index is 13.4. The summed E-state index contributed by atoms with van der Waals surface area (Å²) in [4.78, 5) is 19.8. The smallest absolute Gasteiger partial charge is 0.226 e. The lowest BCUT2D eigenvalue weighted by atomic mass is 9.91. The van der Waals surface area contributed by atoms with Gasteiger partial charge in [-0.15, -0.1) is 0 Å². The molecule has 1 saturated carbocycles. The fourth-order valence-electron chi connectivity index (χ4n) is 3.47. The first-order chi connectivity index (χ1) is 13.5. The number of rotatable bonds is 4. The van der Waals surface area contributed by atoms with Crippen LogP contribution in [0.1, 0.15) is 25.7 Å². The van der Waals surface area contributed by atoms with E-state index >= 15 is 0 Å². The lowest BCUT2D eigenvalue weighted by Gasteiger charge is -2.33. The van der Waals surface area contributed by atoms with Crippen LogP contribution in [0.25, 0.3) is 11.0 Å². The number of hydrogen-bond acceptors (Lipinski definition) is 7. The minimum absolute atomic E-state index is 0.0360. The molecule has 1 aliphatic carbocycles. The summed E-state index contributed by atoms with van der Waals surface area (Å²) in [6.07, 6.45) is 7.17. The van der Waals surface area contributed by atoms with E-state index in [2.05, 4.69) is 25.2 Å². The Bertz CT molecular complexity index is 991. The summed E-state index contributed by atoms with van der Waals surface area (Å²) in [5.74, 6) is 0.650. The standard InChI is InChI=1S/C19H21ClFN7/c1-28(13-5-2-11(22)3-6-13)19-23-9-16-17(27-19)18(25-10-24-16)26-12-4-7-15(21)14(20)8-12/h4,7-11,13H,2-3,5-6,22H2,1H3,(H,24,25,26). The minimum Gasteiger partial charge on any atom is -0.341 e. The van der Waals surface area contributed by atoms with Gasteiger partial charge in [0.15, 0.2) is 5.82 Å². The SMILES string of the molecule is CN(c1ncc2ncnc(Nc3ccc(F)c(Cl)c3)c2n1)C1CCC(N)CC1. The third kappa shape index (κ3) is 3.83. The highest BCUT2D eigenvalue weighted by molar-refractivity contribution is 6.31. The molecule has 3 aromatic rings. The first-order valence-corrected chi connectivity index (χ1v) is 9.57. The number of aromatic nitrogens is 4. The molecule has 0 spiro atoms. The molecule has 2 aromatic heterocycles. The molecule has 4 rings (SSSR count). The van der Waals surface area contributed by atoms with E-state index in [4.69, 9.17) is 22.3 Å². The van der Waals surface area contributed by atoms with Crippen molar-refractivity contribution < 1.29 is 4.39 Å². The number of nitrogens with one attached hydrogen (secondary N) is 1. The van der Waals surface area contributed by atoms with E-state index in [-0.39, 0.29) is 11.1 Å². The summed E-state index contributed by atoms with van der Waals surface area (Å²) >= 11 is 5.87. The topological polar surface area (TPSA) is 92.9 Å². The van der Waals surface area contributed by atoms with Gasteiger partial charge in [0.05, 0.1) is 11.2 Å². The highest BCUT2D eigenvalue weighted by Crippen LogP contribution is 2.27. The van der Waals surface area contributed by atoms with Crippen LogP contribution in [0.2, 0.25) is 5.02 Å². The minimum atomic E-state index is -0.474. The maximum Gasteiger partial charge on any atom is 0.226 e. The molecule has 0 atom stereocenters. The molecule has 3 N–H and O–H groups in total. The lowest BCUT2D eigenvalue weighted by molar-refractivity contribution is 0.382. The van der Waals surface area contributed by atoms with Crippen molar-refractivity contribution in [3.63, 3.8) is 0 Å². The van der Waals surface area contributed by atoms with Crippen LogP contribution >= 0.6 is 11.6 Å². The van der Waals surface area contributed by atoms with Gasteiger partial charge < -0.3 is 16.0 Å². The van der Waals surface area contributed by atoms with Crippen molar-refractivity contribution in [3.8, 4) is 0 Å². The van der Waals surface area contributed by atoms with E-state index in [9.17, 15) is 4.39 Å². The van der Waals surface area contributed by atoms with Gasteiger partial charge in [0, 0.05) is 24.8 Å². The predicted octanol–water partition coefficient (Wildman–Crippen LogP) is 3.66. The van der Waals surface area contributed by atoms with Crippen molar-refractivity contribution in [2.45, 2.75) is 37.8 Å². The summed E-state index contributed by atoms with van der Waals surface area (Å²) in [6, 6.07) is 5.04. The van der Waals surface area contributed by atoms with E-state index < -0.39 is 5.82 Å². The Balaban J connectivity index is 1.64. The van der Waals surface area contributed by atoms with Crippen molar-refractivity contribution in [2.24, 2.45) is 5.73 Å². The van der Waals surface area contributed by atoms with Gasteiger partial charge in [-0.3, -0.25) is 0 Å². The quantitative estimate of drug-likeness (QED) is 0.689. The fraction of sp³-hybridized carbons (Fsp3) is 0.368. The molecule has 0 bridgehead atoms. The largest absolute Gasteiger partial charge is 0.341 e. The van der Waals surface area contributed by atoms with Gasteiger partial charge in [-0.25, -0.2) is 24.3 Å². The Labute approximate surface area is 167 Å². The summed E-state index contributed by atoms with van der Waals surface area (Å²) in [5.41, 5.74) is 7.84. The molecular formula is C19H21ClFN7. The van der Waals surface area contributed by atoms with E-state index in [1.165, 1.54) is 18.5 Å². The Morgan fingerprint density at radius 1 is 1.18 bits per heavy atom. The van der Waals surface area contributed by atoms with Gasteiger partial charge in [-0.05, 0) is 43.9 Å². The third-order valence-corrected chi connectivity index (χ3v) is 5.44. The van der Waals surface area contributed by atoms with Crippen molar-refractivity contribution in [1.29, 1.82) is 0 Å². The van der Waals surface area contributed by atoms with Crippen LogP contribution in [0, 0.1) is 5.82 Å². The van der Waals surface area contributed by atoms with E-state index in [1.807, 2.05) is 7.05 Å². The van der Waals surface area contributed by atoms with E-state index in [1.54, 1.807) is 12.3 Å². The summed E-state index contributed by atoms with van der Waals surface area (Å²) in [5, 5.41) is 3.17. The van der Waals surface area contributed by atoms with Gasteiger partial charge in [-0.2, -0.15) is 0 Å². The molecule has 1 aliphatic rings. The van der Waals surface area contributed by atoms with Crippen LogP contribution in [0.5, 0.6) is 0 Å². The Morgan fingerprint density at radius 2 is 1.96 bits per heavy atom. The zero-order valence-electron chi connectivity index (χ0n) is 15.4. The maximum atomic E-state index is 13.4. The molecule has 7 nitrogen and oxygen atoms in total. The van der Waals surface area contributed by atoms with Gasteiger partial charge in [0.25, 0.3) is 0 Å². The highest BCUT2D eigenvalue weighted by atomic mass is 35.5. The van der Waals surface area contributed by atoms with Crippen LogP contribution < -0.4 is 16.0 Å². The fourth-order valence-corrected chi connectivity index (χ4v) is 3.65.